The first-order valence-electron chi connectivity index (χ1n) is 10.8. The molecule has 0 spiro atoms. The lowest BCUT2D eigenvalue weighted by Gasteiger charge is -2.13. The highest BCUT2D eigenvalue weighted by Crippen LogP contribution is 2.31. The maximum absolute atomic E-state index is 13.1. The van der Waals surface area contributed by atoms with Crippen molar-refractivity contribution < 1.29 is 17.9 Å². The number of rotatable bonds is 7. The van der Waals surface area contributed by atoms with Gasteiger partial charge in [-0.2, -0.15) is 5.10 Å². The summed E-state index contributed by atoms with van der Waals surface area (Å²) >= 11 is 0. The van der Waals surface area contributed by atoms with E-state index in [1.807, 2.05) is 31.4 Å². The van der Waals surface area contributed by atoms with Crippen LogP contribution in [-0.4, -0.2) is 47.4 Å². The number of fused-ring (bicyclic) bond motifs is 1. The van der Waals surface area contributed by atoms with Gasteiger partial charge in [-0.05, 0) is 35.9 Å². The van der Waals surface area contributed by atoms with E-state index in [-0.39, 0.29) is 10.6 Å². The number of nitrogens with zero attached hydrogens (tertiary/aromatic N) is 5. The largest absolute Gasteiger partial charge is 0.497 e. The molecule has 5 aromatic rings. The fourth-order valence-corrected chi connectivity index (χ4v) is 4.96. The molecule has 0 aliphatic heterocycles. The van der Waals surface area contributed by atoms with Crippen LogP contribution in [0.25, 0.3) is 33.4 Å². The van der Waals surface area contributed by atoms with E-state index in [2.05, 4.69) is 19.8 Å². The Labute approximate surface area is 207 Å². The fourth-order valence-electron chi connectivity index (χ4n) is 3.74. The van der Waals surface area contributed by atoms with Crippen LogP contribution in [0.2, 0.25) is 0 Å². The zero-order valence-corrected chi connectivity index (χ0v) is 20.5. The summed E-state index contributed by atoms with van der Waals surface area (Å²) in [6.07, 6.45) is 8.41. The Bertz CT molecular complexity index is 1680. The number of anilines is 1. The zero-order chi connectivity index (χ0) is 25.3. The molecule has 0 aliphatic rings. The molecule has 11 heteroatoms. The summed E-state index contributed by atoms with van der Waals surface area (Å²) in [5, 5.41) is 4.19. The number of nitrogens with one attached hydrogen (secondary N) is 1. The van der Waals surface area contributed by atoms with Crippen molar-refractivity contribution in [2.45, 2.75) is 4.90 Å². The maximum Gasteiger partial charge on any atom is 0.265 e. The lowest BCUT2D eigenvalue weighted by Crippen LogP contribution is -2.14. The average Bonchev–Trinajstić information content (AvgIpc) is 3.33. The molecule has 5 rings (SSSR count). The third-order valence-electron chi connectivity index (χ3n) is 5.53. The van der Waals surface area contributed by atoms with Gasteiger partial charge in [0, 0.05) is 36.6 Å². The number of ether oxygens (including phenoxy) is 2. The van der Waals surface area contributed by atoms with E-state index < -0.39 is 10.0 Å². The lowest BCUT2D eigenvalue weighted by molar-refractivity contribution is 0.392. The molecule has 0 unspecified atom stereocenters. The Morgan fingerprint density at radius 2 is 1.72 bits per heavy atom. The van der Waals surface area contributed by atoms with Crippen molar-refractivity contribution in [1.82, 2.24) is 24.7 Å². The SMILES string of the molecule is COc1ccc(OC)c(S(=O)(=O)Nc2cncc(-c3ccc4ncc(-c5cnn(C)c5)nc4c3)c2)c1. The molecule has 182 valence electrons. The summed E-state index contributed by atoms with van der Waals surface area (Å²) < 4.78 is 41.0. The van der Waals surface area contributed by atoms with Crippen LogP contribution in [-0.2, 0) is 17.1 Å². The van der Waals surface area contributed by atoms with Gasteiger partial charge in [0.1, 0.15) is 16.4 Å². The molecule has 0 bridgehead atoms. The van der Waals surface area contributed by atoms with Gasteiger partial charge in [0.15, 0.2) is 0 Å². The molecule has 36 heavy (non-hydrogen) atoms. The van der Waals surface area contributed by atoms with E-state index in [9.17, 15) is 8.42 Å². The minimum Gasteiger partial charge on any atom is -0.497 e. The molecule has 3 heterocycles. The predicted molar refractivity (Wildman–Crippen MR) is 135 cm³/mol. The molecule has 0 saturated heterocycles. The number of benzene rings is 2. The lowest BCUT2D eigenvalue weighted by atomic mass is 10.1. The number of aryl methyl sites for hydroxylation is 1. The van der Waals surface area contributed by atoms with Gasteiger partial charge in [-0.25, -0.2) is 13.4 Å². The van der Waals surface area contributed by atoms with Crippen LogP contribution in [0, 0.1) is 0 Å². The van der Waals surface area contributed by atoms with E-state index in [0.717, 1.165) is 16.6 Å². The van der Waals surface area contributed by atoms with Gasteiger partial charge in [-0.15, -0.1) is 0 Å². The molecule has 0 amide bonds. The summed E-state index contributed by atoms with van der Waals surface area (Å²) in [6.45, 7) is 0. The Morgan fingerprint density at radius 1 is 0.861 bits per heavy atom. The van der Waals surface area contributed by atoms with Crippen molar-refractivity contribution in [2.75, 3.05) is 18.9 Å². The minimum atomic E-state index is -3.98. The minimum absolute atomic E-state index is 0.0429. The average molecular weight is 503 g/mol. The molecule has 0 atom stereocenters. The molecule has 1 N–H and O–H groups in total. The third kappa shape index (κ3) is 4.56. The highest BCUT2D eigenvalue weighted by Gasteiger charge is 2.21. The Kier molecular flexibility index (Phi) is 5.98. The summed E-state index contributed by atoms with van der Waals surface area (Å²) in [5.41, 5.74) is 4.83. The van der Waals surface area contributed by atoms with Crippen LogP contribution in [0.15, 0.2) is 78.3 Å². The third-order valence-corrected chi connectivity index (χ3v) is 6.93. The van der Waals surface area contributed by atoms with Crippen molar-refractivity contribution in [1.29, 1.82) is 0 Å². The first kappa shape index (κ1) is 23.2. The first-order valence-corrected chi connectivity index (χ1v) is 12.3. The standard InChI is InChI=1S/C25H22N6O4S/c1-31-15-18(12-28-31)23-14-27-21-6-4-16(9-22(21)29-23)17-8-19(13-26-11-17)30-36(32,33)25-10-20(34-2)5-7-24(25)35-3/h4-15,30H,1-3H3. The van der Waals surface area contributed by atoms with Gasteiger partial charge in [-0.1, -0.05) is 6.07 Å². The summed E-state index contributed by atoms with van der Waals surface area (Å²) in [6, 6.07) is 11.9. The predicted octanol–water partition coefficient (Wildman–Crippen LogP) is 3.91. The molecule has 0 radical (unpaired) electrons. The Hall–Kier alpha value is -4.51. The van der Waals surface area contributed by atoms with Crippen molar-refractivity contribution in [3.05, 3.63) is 73.4 Å². The van der Waals surface area contributed by atoms with Gasteiger partial charge in [0.25, 0.3) is 10.0 Å². The van der Waals surface area contributed by atoms with Crippen molar-refractivity contribution in [3.8, 4) is 33.9 Å². The topological polar surface area (TPSA) is 121 Å². The molecular weight excluding hydrogens is 480 g/mol. The van der Waals surface area contributed by atoms with E-state index in [1.54, 1.807) is 35.4 Å². The van der Waals surface area contributed by atoms with Crippen LogP contribution in [0.1, 0.15) is 0 Å². The van der Waals surface area contributed by atoms with E-state index >= 15 is 0 Å². The quantitative estimate of drug-likeness (QED) is 0.356. The van der Waals surface area contributed by atoms with Gasteiger partial charge in [0.05, 0.1) is 55.2 Å². The molecule has 2 aromatic carbocycles. The normalized spacial score (nSPS) is 11.4. The summed E-state index contributed by atoms with van der Waals surface area (Å²) in [5.74, 6) is 0.593. The van der Waals surface area contributed by atoms with Crippen molar-refractivity contribution in [3.63, 3.8) is 0 Å². The second-order valence-electron chi connectivity index (χ2n) is 7.95. The monoisotopic (exact) mass is 502 g/mol. The molecule has 0 saturated carbocycles. The van der Waals surface area contributed by atoms with Crippen LogP contribution in [0.5, 0.6) is 11.5 Å². The van der Waals surface area contributed by atoms with Crippen LogP contribution in [0.3, 0.4) is 0 Å². The van der Waals surface area contributed by atoms with Crippen LogP contribution < -0.4 is 14.2 Å². The fraction of sp³-hybridized carbons (Fsp3) is 0.120. The number of hydrogen-bond donors (Lipinski definition) is 1. The Balaban J connectivity index is 1.48. The molecular formula is C25H22N6O4S. The van der Waals surface area contributed by atoms with Crippen LogP contribution >= 0.6 is 0 Å². The van der Waals surface area contributed by atoms with Gasteiger partial charge < -0.3 is 9.47 Å². The second kappa shape index (κ2) is 9.27. The Morgan fingerprint density at radius 3 is 2.47 bits per heavy atom. The number of methoxy groups -OCH3 is 2. The molecule has 10 nitrogen and oxygen atoms in total. The maximum atomic E-state index is 13.1. The summed E-state index contributed by atoms with van der Waals surface area (Å²) in [7, 11) is 0.733. The van der Waals surface area contributed by atoms with Gasteiger partial charge >= 0.3 is 0 Å². The highest BCUT2D eigenvalue weighted by atomic mass is 32.2. The molecule has 3 aromatic heterocycles. The number of sulfonamides is 1. The number of pyridine rings is 1. The smallest absolute Gasteiger partial charge is 0.265 e. The van der Waals surface area contributed by atoms with Crippen molar-refractivity contribution >= 4 is 26.7 Å². The van der Waals surface area contributed by atoms with Gasteiger partial charge in [-0.3, -0.25) is 19.4 Å². The second-order valence-corrected chi connectivity index (χ2v) is 9.60. The zero-order valence-electron chi connectivity index (χ0n) is 19.7. The number of aromatic nitrogens is 5. The molecule has 0 fully saturated rings. The van der Waals surface area contributed by atoms with E-state index in [1.165, 1.54) is 32.5 Å². The number of hydrogen-bond acceptors (Lipinski definition) is 8. The molecule has 0 aliphatic carbocycles. The van der Waals surface area contributed by atoms with E-state index in [0.29, 0.717) is 28.2 Å². The van der Waals surface area contributed by atoms with Crippen molar-refractivity contribution in [2.24, 2.45) is 7.05 Å². The first-order chi connectivity index (χ1) is 17.4. The van der Waals surface area contributed by atoms with E-state index in [4.69, 9.17) is 14.5 Å². The highest BCUT2D eigenvalue weighted by molar-refractivity contribution is 7.92. The summed E-state index contributed by atoms with van der Waals surface area (Å²) in [4.78, 5) is 13.4. The van der Waals surface area contributed by atoms with Crippen LogP contribution in [0.4, 0.5) is 5.69 Å². The van der Waals surface area contributed by atoms with Gasteiger partial charge in [0.2, 0.25) is 0 Å².